The third-order valence-electron chi connectivity index (χ3n) is 3.98. The lowest BCUT2D eigenvalue weighted by molar-refractivity contribution is 0.159. The quantitative estimate of drug-likeness (QED) is 0.732. The monoisotopic (exact) mass is 317 g/mol. The average Bonchev–Trinajstić information content (AvgIpc) is 2.52. The van der Waals surface area contributed by atoms with Crippen LogP contribution < -0.4 is 5.32 Å². The van der Waals surface area contributed by atoms with Gasteiger partial charge in [0.2, 0.25) is 0 Å². The second-order valence-electron chi connectivity index (χ2n) is 6.50. The molecule has 0 fully saturated rings. The molecule has 2 aromatic rings. The molecule has 0 amide bonds. The number of phenols is 1. The number of nitrogens with one attached hydrogen (secondary N) is 1. The molecule has 0 spiro atoms. The van der Waals surface area contributed by atoms with Gasteiger partial charge < -0.3 is 15.5 Å². The second-order valence-corrected chi connectivity index (χ2v) is 6.50. The van der Waals surface area contributed by atoms with Gasteiger partial charge in [0, 0.05) is 12.1 Å². The Bertz CT molecular complexity index is 626. The van der Waals surface area contributed by atoms with Gasteiger partial charge in [-0.05, 0) is 62.1 Å². The summed E-state index contributed by atoms with van der Waals surface area (Å²) in [7, 11) is 0. The Balaban J connectivity index is 1.84. The molecule has 1 unspecified atom stereocenters. The van der Waals surface area contributed by atoms with Gasteiger partial charge in [0.05, 0.1) is 6.10 Å². The Morgan fingerprint density at radius 3 is 2.48 bits per heavy atom. The molecule has 0 aromatic heterocycles. The van der Waals surface area contributed by atoms with Gasteiger partial charge in [-0.1, -0.05) is 24.3 Å². The fraction of sp³-hybridized carbons (Fsp3) is 0.368. The number of aliphatic hydroxyl groups is 1. The number of halogens is 1. The highest BCUT2D eigenvalue weighted by Crippen LogP contribution is 2.19. The molecule has 0 aliphatic carbocycles. The number of hydrogen-bond donors (Lipinski definition) is 3. The molecule has 0 saturated heterocycles. The molecule has 3 N–H and O–H groups in total. The number of hydrogen-bond acceptors (Lipinski definition) is 3. The molecule has 0 radical (unpaired) electrons. The van der Waals surface area contributed by atoms with E-state index in [1.54, 1.807) is 36.4 Å². The summed E-state index contributed by atoms with van der Waals surface area (Å²) in [6.07, 6.45) is 1.03. The number of aryl methyl sites for hydroxylation is 1. The first-order valence-corrected chi connectivity index (χ1v) is 7.82. The van der Waals surface area contributed by atoms with Crippen molar-refractivity contribution < 1.29 is 14.6 Å². The Kier molecular flexibility index (Phi) is 5.74. The zero-order chi connectivity index (χ0) is 16.9. The number of benzene rings is 2. The van der Waals surface area contributed by atoms with E-state index >= 15 is 0 Å². The average molecular weight is 317 g/mol. The molecule has 0 saturated carbocycles. The number of aliphatic hydroxyl groups excluding tert-OH is 1. The molecule has 2 aromatic carbocycles. The number of phenolic OH excluding ortho intramolecular Hbond substituents is 1. The van der Waals surface area contributed by atoms with Crippen LogP contribution in [0.5, 0.6) is 5.75 Å². The number of aromatic hydroxyl groups is 1. The van der Waals surface area contributed by atoms with Crippen LogP contribution >= 0.6 is 0 Å². The molecule has 0 heterocycles. The van der Waals surface area contributed by atoms with Crippen LogP contribution in [0.1, 0.15) is 37.5 Å². The zero-order valence-corrected chi connectivity index (χ0v) is 13.6. The maximum atomic E-state index is 12.9. The van der Waals surface area contributed by atoms with Crippen LogP contribution in [0.15, 0.2) is 48.5 Å². The molecule has 124 valence electrons. The van der Waals surface area contributed by atoms with Crippen LogP contribution in [0.3, 0.4) is 0 Å². The normalized spacial score (nSPS) is 13.0. The molecule has 23 heavy (non-hydrogen) atoms. The van der Waals surface area contributed by atoms with Crippen LogP contribution in [0.2, 0.25) is 0 Å². The van der Waals surface area contributed by atoms with E-state index in [9.17, 15) is 14.6 Å². The summed E-state index contributed by atoms with van der Waals surface area (Å²) in [5, 5.41) is 23.0. The van der Waals surface area contributed by atoms with Crippen molar-refractivity contribution in [3.63, 3.8) is 0 Å². The van der Waals surface area contributed by atoms with Crippen LogP contribution in [-0.4, -0.2) is 22.3 Å². The standard InChI is InChI=1S/C19H24FNO2/c1-19(2,11-10-14-6-8-16(20)9-7-14)21-13-18(23)15-4-3-5-17(22)12-15/h3-9,12,18,21-23H,10-11,13H2,1-2H3. The summed E-state index contributed by atoms with van der Waals surface area (Å²) in [4.78, 5) is 0. The van der Waals surface area contributed by atoms with E-state index in [4.69, 9.17) is 0 Å². The largest absolute Gasteiger partial charge is 0.508 e. The molecule has 0 bridgehead atoms. The molecular weight excluding hydrogens is 293 g/mol. The van der Waals surface area contributed by atoms with E-state index in [1.165, 1.54) is 12.1 Å². The van der Waals surface area contributed by atoms with Crippen LogP contribution in [0.4, 0.5) is 4.39 Å². The van der Waals surface area contributed by atoms with Gasteiger partial charge in [-0.3, -0.25) is 0 Å². The van der Waals surface area contributed by atoms with Gasteiger partial charge in [-0.2, -0.15) is 0 Å². The van der Waals surface area contributed by atoms with Gasteiger partial charge in [0.15, 0.2) is 0 Å². The summed E-state index contributed by atoms with van der Waals surface area (Å²) in [6, 6.07) is 13.2. The van der Waals surface area contributed by atoms with Crippen molar-refractivity contribution in [1.29, 1.82) is 0 Å². The van der Waals surface area contributed by atoms with Crippen LogP contribution in [-0.2, 0) is 6.42 Å². The van der Waals surface area contributed by atoms with Gasteiger partial charge in [-0.15, -0.1) is 0 Å². The highest BCUT2D eigenvalue weighted by atomic mass is 19.1. The summed E-state index contributed by atoms with van der Waals surface area (Å²) in [5.74, 6) is -0.0718. The SMILES string of the molecule is CC(C)(CCc1ccc(F)cc1)NCC(O)c1cccc(O)c1. The van der Waals surface area contributed by atoms with Crippen molar-refractivity contribution in [3.8, 4) is 5.75 Å². The molecule has 0 aliphatic rings. The predicted octanol–water partition coefficient (Wildman–Crippen LogP) is 3.57. The topological polar surface area (TPSA) is 52.5 Å². The first-order chi connectivity index (χ1) is 10.9. The lowest BCUT2D eigenvalue weighted by Gasteiger charge is -2.28. The van der Waals surface area contributed by atoms with Crippen molar-refractivity contribution in [2.75, 3.05) is 6.54 Å². The Hall–Kier alpha value is -1.91. The second kappa shape index (κ2) is 7.57. The number of rotatable bonds is 7. The lowest BCUT2D eigenvalue weighted by Crippen LogP contribution is -2.41. The smallest absolute Gasteiger partial charge is 0.123 e. The number of β-amino-alcohol motifs (C(OH)–C–C–N with tert-alkyl or cyclic N) is 1. The van der Waals surface area contributed by atoms with Crippen molar-refractivity contribution in [2.24, 2.45) is 0 Å². The van der Waals surface area contributed by atoms with Gasteiger partial charge in [0.1, 0.15) is 11.6 Å². The Morgan fingerprint density at radius 2 is 1.83 bits per heavy atom. The first-order valence-electron chi connectivity index (χ1n) is 7.82. The van der Waals surface area contributed by atoms with E-state index in [0.29, 0.717) is 12.1 Å². The minimum atomic E-state index is -0.674. The Morgan fingerprint density at radius 1 is 1.13 bits per heavy atom. The maximum Gasteiger partial charge on any atom is 0.123 e. The van der Waals surface area contributed by atoms with Crippen molar-refractivity contribution in [3.05, 3.63) is 65.5 Å². The third-order valence-corrected chi connectivity index (χ3v) is 3.98. The zero-order valence-electron chi connectivity index (χ0n) is 13.6. The predicted molar refractivity (Wildman–Crippen MR) is 89.9 cm³/mol. The van der Waals surface area contributed by atoms with Crippen LogP contribution in [0, 0.1) is 5.82 Å². The van der Waals surface area contributed by atoms with Gasteiger partial charge in [-0.25, -0.2) is 4.39 Å². The maximum absolute atomic E-state index is 12.9. The fourth-order valence-corrected chi connectivity index (χ4v) is 2.42. The van der Waals surface area contributed by atoms with E-state index < -0.39 is 6.10 Å². The minimum absolute atomic E-state index is 0.150. The lowest BCUT2D eigenvalue weighted by atomic mass is 9.94. The highest BCUT2D eigenvalue weighted by molar-refractivity contribution is 5.28. The molecule has 4 heteroatoms. The van der Waals surface area contributed by atoms with Crippen molar-refractivity contribution in [2.45, 2.75) is 38.3 Å². The minimum Gasteiger partial charge on any atom is -0.508 e. The Labute approximate surface area is 136 Å². The van der Waals surface area contributed by atoms with Crippen molar-refractivity contribution in [1.82, 2.24) is 5.32 Å². The first kappa shape index (κ1) is 17.4. The molecular formula is C19H24FNO2. The van der Waals surface area contributed by atoms with E-state index in [1.807, 2.05) is 0 Å². The van der Waals surface area contributed by atoms with Gasteiger partial charge in [0.25, 0.3) is 0 Å². The molecule has 3 nitrogen and oxygen atoms in total. The van der Waals surface area contributed by atoms with E-state index in [0.717, 1.165) is 18.4 Å². The van der Waals surface area contributed by atoms with E-state index in [2.05, 4.69) is 19.2 Å². The van der Waals surface area contributed by atoms with Gasteiger partial charge >= 0.3 is 0 Å². The van der Waals surface area contributed by atoms with Crippen molar-refractivity contribution >= 4 is 0 Å². The summed E-state index contributed by atoms with van der Waals surface area (Å²) >= 11 is 0. The highest BCUT2D eigenvalue weighted by Gasteiger charge is 2.19. The molecule has 1 atom stereocenters. The summed E-state index contributed by atoms with van der Waals surface area (Å²) in [5.41, 5.74) is 1.62. The molecule has 2 rings (SSSR count). The van der Waals surface area contributed by atoms with Crippen LogP contribution in [0.25, 0.3) is 0 Å². The molecule has 0 aliphatic heterocycles. The fourth-order valence-electron chi connectivity index (χ4n) is 2.42. The summed E-state index contributed by atoms with van der Waals surface area (Å²) in [6.45, 7) is 4.55. The van der Waals surface area contributed by atoms with E-state index in [-0.39, 0.29) is 17.1 Å². The summed E-state index contributed by atoms with van der Waals surface area (Å²) < 4.78 is 12.9. The third kappa shape index (κ3) is 5.66.